The van der Waals surface area contributed by atoms with Crippen molar-refractivity contribution in [3.63, 3.8) is 0 Å². The Morgan fingerprint density at radius 1 is 1.90 bits per heavy atom. The van der Waals surface area contributed by atoms with Gasteiger partial charge in [0.05, 0.1) is 26.1 Å². The first kappa shape index (κ1) is 5.73. The molecule has 1 aromatic heterocycles. The van der Waals surface area contributed by atoms with Gasteiger partial charge in [0, 0.05) is 0 Å². The molecule has 4 heteroatoms. The number of hydrogen-bond acceptors (Lipinski definition) is 3. The van der Waals surface area contributed by atoms with Gasteiger partial charge in [-0.25, -0.2) is 4.68 Å². The van der Waals surface area contributed by atoms with Crippen LogP contribution >= 0.6 is 0 Å². The van der Waals surface area contributed by atoms with Crippen molar-refractivity contribution in [1.82, 2.24) is 9.78 Å². The van der Waals surface area contributed by atoms with Gasteiger partial charge < -0.3 is 9.47 Å². The molecule has 1 fully saturated rings. The Bertz CT molecular complexity index is 229. The number of nitrogens with zero attached hydrogens (tertiary/aromatic N) is 2. The zero-order valence-electron chi connectivity index (χ0n) is 5.65. The van der Waals surface area contributed by atoms with Gasteiger partial charge in [-0.1, -0.05) is 0 Å². The van der Waals surface area contributed by atoms with Crippen LogP contribution in [0.1, 0.15) is 6.23 Å². The third kappa shape index (κ3) is 0.863. The van der Waals surface area contributed by atoms with Gasteiger partial charge in [-0.15, -0.1) is 0 Å². The lowest BCUT2D eigenvalue weighted by Crippen LogP contribution is -1.93. The summed E-state index contributed by atoms with van der Waals surface area (Å²) in [5.74, 6) is 0.774. The van der Waals surface area contributed by atoms with Crippen molar-refractivity contribution >= 4 is 0 Å². The molecule has 2 heterocycles. The predicted octanol–water partition coefficient (Wildman–Crippen LogP) is 0.420. The van der Waals surface area contributed by atoms with E-state index >= 15 is 0 Å². The van der Waals surface area contributed by atoms with E-state index in [9.17, 15) is 0 Å². The maximum Gasteiger partial charge on any atom is 0.173 e. The number of aromatic nitrogens is 2. The van der Waals surface area contributed by atoms with Crippen molar-refractivity contribution in [3.05, 3.63) is 12.4 Å². The Morgan fingerprint density at radius 3 is 3.20 bits per heavy atom. The highest BCUT2D eigenvalue weighted by Gasteiger charge is 2.25. The second kappa shape index (κ2) is 1.98. The minimum atomic E-state index is 0.156. The number of methoxy groups -OCH3 is 1. The lowest BCUT2D eigenvalue weighted by atomic mass is 10.6. The normalized spacial score (nSPS) is 22.7. The molecule has 0 saturated carbocycles. The summed E-state index contributed by atoms with van der Waals surface area (Å²) < 4.78 is 11.7. The van der Waals surface area contributed by atoms with Gasteiger partial charge in [0.25, 0.3) is 0 Å². The van der Waals surface area contributed by atoms with Crippen LogP contribution < -0.4 is 4.74 Å². The minimum absolute atomic E-state index is 0.156. The number of hydrogen-bond donors (Lipinski definition) is 0. The van der Waals surface area contributed by atoms with Crippen LogP contribution in [-0.2, 0) is 4.74 Å². The van der Waals surface area contributed by atoms with Crippen LogP contribution in [0.4, 0.5) is 0 Å². The van der Waals surface area contributed by atoms with Crippen LogP contribution in [-0.4, -0.2) is 23.5 Å². The van der Waals surface area contributed by atoms with E-state index < -0.39 is 0 Å². The summed E-state index contributed by atoms with van der Waals surface area (Å²) >= 11 is 0. The summed E-state index contributed by atoms with van der Waals surface area (Å²) in [4.78, 5) is 0. The average molecular weight is 140 g/mol. The molecule has 1 aromatic rings. The van der Waals surface area contributed by atoms with Gasteiger partial charge >= 0.3 is 0 Å². The predicted molar refractivity (Wildman–Crippen MR) is 33.8 cm³/mol. The zero-order valence-corrected chi connectivity index (χ0v) is 5.65. The lowest BCUT2D eigenvalue weighted by molar-refractivity contribution is 0.334. The zero-order chi connectivity index (χ0) is 6.97. The van der Waals surface area contributed by atoms with Gasteiger partial charge in [-0.05, 0) is 0 Å². The third-order valence-electron chi connectivity index (χ3n) is 1.42. The maximum absolute atomic E-state index is 5.00. The molecule has 1 aliphatic heterocycles. The highest BCUT2D eigenvalue weighted by molar-refractivity contribution is 5.11. The number of epoxide rings is 1. The van der Waals surface area contributed by atoms with E-state index in [4.69, 9.17) is 9.47 Å². The summed E-state index contributed by atoms with van der Waals surface area (Å²) in [7, 11) is 1.62. The van der Waals surface area contributed by atoms with Gasteiger partial charge in [-0.3, -0.25) is 0 Å². The maximum atomic E-state index is 5.00. The molecule has 0 spiro atoms. The topological polar surface area (TPSA) is 39.6 Å². The molecule has 1 aliphatic rings. The first-order valence-electron chi connectivity index (χ1n) is 3.10. The van der Waals surface area contributed by atoms with Gasteiger partial charge in [0.1, 0.15) is 0 Å². The summed E-state index contributed by atoms with van der Waals surface area (Å²) in [6, 6.07) is 0. The Hall–Kier alpha value is -1.03. The van der Waals surface area contributed by atoms with Crippen molar-refractivity contribution in [2.24, 2.45) is 0 Å². The summed E-state index contributed by atoms with van der Waals surface area (Å²) in [5, 5.41) is 4.02. The standard InChI is InChI=1S/C6H8N2O2/c1-9-5-2-7-8(3-5)6-4-10-6/h2-3,6H,4H2,1H3. The quantitative estimate of drug-likeness (QED) is 0.559. The van der Waals surface area contributed by atoms with Crippen LogP contribution in [0, 0.1) is 0 Å². The van der Waals surface area contributed by atoms with Crippen LogP contribution in [0.2, 0.25) is 0 Å². The van der Waals surface area contributed by atoms with E-state index in [1.54, 1.807) is 18.0 Å². The molecule has 0 aromatic carbocycles. The Balaban J connectivity index is 2.19. The lowest BCUT2D eigenvalue weighted by Gasteiger charge is -1.90. The fourth-order valence-electron chi connectivity index (χ4n) is 0.779. The molecule has 2 rings (SSSR count). The minimum Gasteiger partial charge on any atom is -0.493 e. The molecule has 0 N–H and O–H groups in total. The molecular weight excluding hydrogens is 132 g/mol. The Labute approximate surface area is 58.4 Å². The second-order valence-electron chi connectivity index (χ2n) is 2.15. The fourth-order valence-corrected chi connectivity index (χ4v) is 0.779. The van der Waals surface area contributed by atoms with E-state index in [0.29, 0.717) is 0 Å². The highest BCUT2D eigenvalue weighted by Crippen LogP contribution is 2.23. The second-order valence-corrected chi connectivity index (χ2v) is 2.15. The SMILES string of the molecule is COc1cnn(C2CO2)c1. The first-order chi connectivity index (χ1) is 4.90. The van der Waals surface area contributed by atoms with E-state index in [1.165, 1.54) is 0 Å². The van der Waals surface area contributed by atoms with Crippen LogP contribution in [0.5, 0.6) is 5.75 Å². The molecule has 0 aliphatic carbocycles. The molecule has 0 radical (unpaired) electrons. The van der Waals surface area contributed by atoms with Crippen molar-refractivity contribution in [3.8, 4) is 5.75 Å². The van der Waals surface area contributed by atoms with Crippen molar-refractivity contribution in [2.45, 2.75) is 6.23 Å². The van der Waals surface area contributed by atoms with Crippen LogP contribution in [0.25, 0.3) is 0 Å². The monoisotopic (exact) mass is 140 g/mol. The fraction of sp³-hybridized carbons (Fsp3) is 0.500. The molecule has 4 nitrogen and oxygen atoms in total. The smallest absolute Gasteiger partial charge is 0.173 e. The van der Waals surface area contributed by atoms with E-state index in [2.05, 4.69) is 5.10 Å². The molecule has 1 saturated heterocycles. The summed E-state index contributed by atoms with van der Waals surface area (Å²) in [6.45, 7) is 0.769. The molecule has 0 amide bonds. The van der Waals surface area contributed by atoms with Crippen molar-refractivity contribution < 1.29 is 9.47 Å². The van der Waals surface area contributed by atoms with Crippen LogP contribution in [0.15, 0.2) is 12.4 Å². The van der Waals surface area contributed by atoms with Crippen molar-refractivity contribution in [1.29, 1.82) is 0 Å². The molecule has 1 unspecified atom stereocenters. The largest absolute Gasteiger partial charge is 0.493 e. The average Bonchev–Trinajstić information content (AvgIpc) is 2.70. The third-order valence-corrected chi connectivity index (χ3v) is 1.42. The summed E-state index contributed by atoms with van der Waals surface area (Å²) in [5.41, 5.74) is 0. The van der Waals surface area contributed by atoms with Gasteiger partial charge in [0.15, 0.2) is 12.0 Å². The van der Waals surface area contributed by atoms with Gasteiger partial charge in [0.2, 0.25) is 0 Å². The molecule has 0 bridgehead atoms. The molecule has 10 heavy (non-hydrogen) atoms. The van der Waals surface area contributed by atoms with Crippen LogP contribution in [0.3, 0.4) is 0 Å². The van der Waals surface area contributed by atoms with E-state index in [-0.39, 0.29) is 6.23 Å². The number of ether oxygens (including phenoxy) is 2. The molecule has 54 valence electrons. The Morgan fingerprint density at radius 2 is 2.70 bits per heavy atom. The first-order valence-corrected chi connectivity index (χ1v) is 3.10. The number of rotatable bonds is 2. The molecule has 1 atom stereocenters. The molecular formula is C6H8N2O2. The highest BCUT2D eigenvalue weighted by atomic mass is 16.6. The van der Waals surface area contributed by atoms with E-state index in [1.807, 2.05) is 6.20 Å². The Kier molecular flexibility index (Phi) is 1.14. The van der Waals surface area contributed by atoms with Crippen molar-refractivity contribution in [2.75, 3.05) is 13.7 Å². The van der Waals surface area contributed by atoms with Gasteiger partial charge in [-0.2, -0.15) is 5.10 Å². The van der Waals surface area contributed by atoms with E-state index in [0.717, 1.165) is 12.4 Å². The summed E-state index contributed by atoms with van der Waals surface area (Å²) in [6.07, 6.45) is 3.64.